The summed E-state index contributed by atoms with van der Waals surface area (Å²) >= 11 is 0. The quantitative estimate of drug-likeness (QED) is 0.621. The van der Waals surface area contributed by atoms with Gasteiger partial charge in [-0.15, -0.1) is 0 Å². The van der Waals surface area contributed by atoms with Crippen LogP contribution >= 0.6 is 0 Å². The number of amides is 1. The van der Waals surface area contributed by atoms with E-state index in [2.05, 4.69) is 6.42 Å². The zero-order valence-electron chi connectivity index (χ0n) is 6.76. The minimum Gasteiger partial charge on any atom is -0.369 e. The number of carbonyl (C=O) groups is 1. The van der Waals surface area contributed by atoms with Gasteiger partial charge in [-0.3, -0.25) is 4.79 Å². The fourth-order valence-corrected chi connectivity index (χ4v) is 0.915. The van der Waals surface area contributed by atoms with Gasteiger partial charge in [-0.2, -0.15) is 0 Å². The number of primary amides is 1. The smallest absolute Gasteiger partial charge is 0.220 e. The lowest BCUT2D eigenvalue weighted by Gasteiger charge is -2.08. The molecule has 1 radical (unpaired) electrons. The Hall–Kier alpha value is -0.530. The van der Waals surface area contributed by atoms with Crippen LogP contribution in [0.15, 0.2) is 0 Å². The second kappa shape index (κ2) is 5.27. The molecule has 0 rings (SSSR count). The molecular formula is C8H16NO. The predicted octanol–water partition coefficient (Wildman–Crippen LogP) is 1.50. The fraction of sp³-hybridized carbons (Fsp3) is 0.750. The monoisotopic (exact) mass is 142 g/mol. The number of rotatable bonds is 5. The van der Waals surface area contributed by atoms with Crippen LogP contribution in [0.4, 0.5) is 0 Å². The topological polar surface area (TPSA) is 43.1 Å². The zero-order valence-corrected chi connectivity index (χ0v) is 6.76. The molecule has 2 N–H and O–H groups in total. The Labute approximate surface area is 62.8 Å². The zero-order chi connectivity index (χ0) is 7.98. The van der Waals surface area contributed by atoms with E-state index in [1.165, 1.54) is 0 Å². The molecule has 2 nitrogen and oxygen atoms in total. The van der Waals surface area contributed by atoms with Gasteiger partial charge in [-0.25, -0.2) is 0 Å². The van der Waals surface area contributed by atoms with E-state index >= 15 is 0 Å². The summed E-state index contributed by atoms with van der Waals surface area (Å²) in [6, 6.07) is 0. The molecule has 0 aliphatic rings. The summed E-state index contributed by atoms with van der Waals surface area (Å²) in [7, 11) is 0. The van der Waals surface area contributed by atoms with Gasteiger partial charge >= 0.3 is 0 Å². The summed E-state index contributed by atoms with van der Waals surface area (Å²) < 4.78 is 0. The molecule has 10 heavy (non-hydrogen) atoms. The summed E-state index contributed by atoms with van der Waals surface area (Å²) in [5.41, 5.74) is 5.14. The maximum Gasteiger partial charge on any atom is 0.220 e. The van der Waals surface area contributed by atoms with E-state index in [-0.39, 0.29) is 11.8 Å². The summed E-state index contributed by atoms with van der Waals surface area (Å²) in [6.07, 6.45) is 4.82. The minimum atomic E-state index is -0.163. The molecule has 0 saturated heterocycles. The number of unbranched alkanes of at least 4 members (excludes halogenated alkanes) is 1. The Morgan fingerprint density at radius 2 is 2.30 bits per heavy atom. The highest BCUT2D eigenvalue weighted by atomic mass is 16.1. The lowest BCUT2D eigenvalue weighted by atomic mass is 9.99. The van der Waals surface area contributed by atoms with E-state index in [1.807, 2.05) is 13.8 Å². The van der Waals surface area contributed by atoms with E-state index in [9.17, 15) is 4.79 Å². The van der Waals surface area contributed by atoms with Gasteiger partial charge in [0.05, 0.1) is 0 Å². The summed E-state index contributed by atoms with van der Waals surface area (Å²) in [4.78, 5) is 10.6. The molecule has 0 bridgehead atoms. The van der Waals surface area contributed by atoms with Crippen LogP contribution in [0.25, 0.3) is 0 Å². The van der Waals surface area contributed by atoms with Gasteiger partial charge in [-0.05, 0) is 25.7 Å². The van der Waals surface area contributed by atoms with Crippen molar-refractivity contribution in [2.45, 2.75) is 33.1 Å². The summed E-state index contributed by atoms with van der Waals surface area (Å²) in [6.45, 7) is 3.98. The lowest BCUT2D eigenvalue weighted by molar-refractivity contribution is -0.122. The SMILES string of the molecule is C[CH]CCC(CC)C(N)=O. The van der Waals surface area contributed by atoms with E-state index in [4.69, 9.17) is 5.73 Å². The first-order chi connectivity index (χ1) is 4.72. The van der Waals surface area contributed by atoms with Crippen molar-refractivity contribution in [2.24, 2.45) is 11.7 Å². The molecule has 0 aromatic heterocycles. The Balaban J connectivity index is 3.50. The molecule has 0 saturated carbocycles. The van der Waals surface area contributed by atoms with Gasteiger partial charge < -0.3 is 5.73 Å². The van der Waals surface area contributed by atoms with Gasteiger partial charge in [0.1, 0.15) is 0 Å². The van der Waals surface area contributed by atoms with Crippen molar-refractivity contribution in [2.75, 3.05) is 0 Å². The van der Waals surface area contributed by atoms with Crippen LogP contribution < -0.4 is 5.73 Å². The predicted molar refractivity (Wildman–Crippen MR) is 42.2 cm³/mol. The van der Waals surface area contributed by atoms with Gasteiger partial charge in [0, 0.05) is 5.92 Å². The van der Waals surface area contributed by atoms with Gasteiger partial charge in [0.25, 0.3) is 0 Å². The highest BCUT2D eigenvalue weighted by molar-refractivity contribution is 5.76. The van der Waals surface area contributed by atoms with Crippen LogP contribution in [0, 0.1) is 12.3 Å². The molecule has 1 atom stereocenters. The maximum absolute atomic E-state index is 10.6. The maximum atomic E-state index is 10.6. The Morgan fingerprint density at radius 1 is 1.70 bits per heavy atom. The second-order valence-corrected chi connectivity index (χ2v) is 2.49. The van der Waals surface area contributed by atoms with Crippen molar-refractivity contribution in [1.29, 1.82) is 0 Å². The third kappa shape index (κ3) is 3.49. The van der Waals surface area contributed by atoms with Crippen molar-refractivity contribution >= 4 is 5.91 Å². The van der Waals surface area contributed by atoms with Crippen LogP contribution in [0.1, 0.15) is 33.1 Å². The standard InChI is InChI=1S/C8H16NO/c1-3-5-6-7(4-2)8(9)10/h3,7H,4-6H2,1-2H3,(H2,9,10). The van der Waals surface area contributed by atoms with E-state index in [1.54, 1.807) is 0 Å². The van der Waals surface area contributed by atoms with Crippen LogP contribution in [-0.4, -0.2) is 5.91 Å². The minimum absolute atomic E-state index is 0.0798. The summed E-state index contributed by atoms with van der Waals surface area (Å²) in [5.74, 6) is -0.0828. The van der Waals surface area contributed by atoms with Crippen LogP contribution in [-0.2, 0) is 4.79 Å². The average Bonchev–Trinajstić information content (AvgIpc) is 1.89. The number of hydrogen-bond donors (Lipinski definition) is 1. The fourth-order valence-electron chi connectivity index (χ4n) is 0.915. The molecule has 0 aromatic rings. The van der Waals surface area contributed by atoms with Crippen molar-refractivity contribution in [1.82, 2.24) is 0 Å². The molecular weight excluding hydrogens is 126 g/mol. The number of carbonyl (C=O) groups excluding carboxylic acids is 1. The van der Waals surface area contributed by atoms with Crippen LogP contribution in [0.3, 0.4) is 0 Å². The second-order valence-electron chi connectivity index (χ2n) is 2.49. The van der Waals surface area contributed by atoms with Crippen molar-refractivity contribution in [3.05, 3.63) is 6.42 Å². The highest BCUT2D eigenvalue weighted by Gasteiger charge is 2.10. The van der Waals surface area contributed by atoms with Gasteiger partial charge in [-0.1, -0.05) is 13.8 Å². The molecule has 0 heterocycles. The number of hydrogen-bond acceptors (Lipinski definition) is 1. The van der Waals surface area contributed by atoms with E-state index < -0.39 is 0 Å². The average molecular weight is 142 g/mol. The van der Waals surface area contributed by atoms with Crippen molar-refractivity contribution < 1.29 is 4.79 Å². The van der Waals surface area contributed by atoms with E-state index in [0.29, 0.717) is 0 Å². The first-order valence-electron chi connectivity index (χ1n) is 3.79. The van der Waals surface area contributed by atoms with Gasteiger partial charge in [0.15, 0.2) is 0 Å². The van der Waals surface area contributed by atoms with Crippen LogP contribution in [0.5, 0.6) is 0 Å². The molecule has 0 fully saturated rings. The molecule has 0 spiro atoms. The van der Waals surface area contributed by atoms with Crippen molar-refractivity contribution in [3.63, 3.8) is 0 Å². The highest BCUT2D eigenvalue weighted by Crippen LogP contribution is 2.10. The molecule has 59 valence electrons. The first kappa shape index (κ1) is 9.47. The van der Waals surface area contributed by atoms with Crippen LogP contribution in [0.2, 0.25) is 0 Å². The normalized spacial score (nSPS) is 13.0. The lowest BCUT2D eigenvalue weighted by Crippen LogP contribution is -2.22. The molecule has 0 aromatic carbocycles. The Bertz CT molecular complexity index is 101. The summed E-state index contributed by atoms with van der Waals surface area (Å²) in [5, 5.41) is 0. The molecule has 1 unspecified atom stereocenters. The molecule has 0 aliphatic carbocycles. The Kier molecular flexibility index (Phi) is 4.99. The van der Waals surface area contributed by atoms with Gasteiger partial charge in [0.2, 0.25) is 5.91 Å². The number of nitrogens with two attached hydrogens (primary N) is 1. The molecule has 1 amide bonds. The Morgan fingerprint density at radius 3 is 2.60 bits per heavy atom. The largest absolute Gasteiger partial charge is 0.369 e. The molecule has 2 heteroatoms. The van der Waals surface area contributed by atoms with E-state index in [0.717, 1.165) is 19.3 Å². The third-order valence-corrected chi connectivity index (χ3v) is 1.70. The van der Waals surface area contributed by atoms with Crippen molar-refractivity contribution in [3.8, 4) is 0 Å². The molecule has 0 aliphatic heterocycles. The third-order valence-electron chi connectivity index (χ3n) is 1.70. The first-order valence-corrected chi connectivity index (χ1v) is 3.79.